The van der Waals surface area contributed by atoms with Crippen molar-refractivity contribution in [3.05, 3.63) is 187 Å². The number of hydrogen-bond donors (Lipinski definition) is 0. The monoisotopic (exact) mass is 700 g/mol. The molecule has 0 aliphatic heterocycles. The Labute approximate surface area is 315 Å². The molecule has 254 valence electrons. The van der Waals surface area contributed by atoms with Crippen LogP contribution in [0.15, 0.2) is 174 Å². The molecule has 11 aromatic rings. The fourth-order valence-corrected chi connectivity index (χ4v) is 8.51. The van der Waals surface area contributed by atoms with Crippen molar-refractivity contribution < 1.29 is 4.42 Å². The van der Waals surface area contributed by atoms with Crippen molar-refractivity contribution in [1.82, 2.24) is 9.13 Å². The summed E-state index contributed by atoms with van der Waals surface area (Å²) in [6, 6.07) is 61.1. The average Bonchev–Trinajstić information content (AvgIpc) is 3.89. The Balaban J connectivity index is 1.08. The number of benzene rings is 8. The van der Waals surface area contributed by atoms with Gasteiger partial charge in [-0.2, -0.15) is 5.26 Å². The summed E-state index contributed by atoms with van der Waals surface area (Å²) in [6.45, 7) is 7.76. The predicted molar refractivity (Wildman–Crippen MR) is 224 cm³/mol. The van der Waals surface area contributed by atoms with Crippen LogP contribution in [0.4, 0.5) is 5.69 Å². The van der Waals surface area contributed by atoms with Crippen molar-refractivity contribution >= 4 is 71.2 Å². The average molecular weight is 701 g/mol. The van der Waals surface area contributed by atoms with E-state index in [2.05, 4.69) is 147 Å². The lowest BCUT2D eigenvalue weighted by Crippen LogP contribution is -1.96. The van der Waals surface area contributed by atoms with Crippen molar-refractivity contribution in [1.29, 1.82) is 5.26 Å². The molecule has 0 unspecified atom stereocenters. The van der Waals surface area contributed by atoms with E-state index in [1.54, 1.807) is 0 Å². The topological polar surface area (TPSA) is 51.1 Å². The lowest BCUT2D eigenvalue weighted by Gasteiger charge is -2.15. The fraction of sp³-hybridized carbons (Fsp3) is 0. The summed E-state index contributed by atoms with van der Waals surface area (Å²) in [7, 11) is 0. The third-order valence-electron chi connectivity index (χ3n) is 10.9. The van der Waals surface area contributed by atoms with E-state index in [4.69, 9.17) is 11.0 Å². The van der Waals surface area contributed by atoms with Gasteiger partial charge in [0.05, 0.1) is 40.3 Å². The molecule has 3 aromatic heterocycles. The van der Waals surface area contributed by atoms with Gasteiger partial charge < -0.3 is 13.6 Å². The highest BCUT2D eigenvalue weighted by Crippen LogP contribution is 2.41. The van der Waals surface area contributed by atoms with Gasteiger partial charge in [0.1, 0.15) is 11.2 Å². The van der Waals surface area contributed by atoms with E-state index >= 15 is 0 Å². The maximum Gasteiger partial charge on any atom is 0.188 e. The van der Waals surface area contributed by atoms with E-state index in [-0.39, 0.29) is 0 Å². The van der Waals surface area contributed by atoms with Gasteiger partial charge in [-0.1, -0.05) is 91.0 Å². The second-order valence-electron chi connectivity index (χ2n) is 14.0. The van der Waals surface area contributed by atoms with Crippen LogP contribution in [-0.4, -0.2) is 9.13 Å². The van der Waals surface area contributed by atoms with Gasteiger partial charge in [0.2, 0.25) is 0 Å². The lowest BCUT2D eigenvalue weighted by atomic mass is 9.94. The number of hydrogen-bond acceptors (Lipinski definition) is 2. The smallest absolute Gasteiger partial charge is 0.188 e. The van der Waals surface area contributed by atoms with E-state index in [1.165, 1.54) is 0 Å². The van der Waals surface area contributed by atoms with Crippen molar-refractivity contribution in [3.63, 3.8) is 0 Å². The van der Waals surface area contributed by atoms with E-state index in [0.717, 1.165) is 99.2 Å². The molecule has 0 bridgehead atoms. The molecule has 0 N–H and O–H groups in total. The number of furan rings is 1. The van der Waals surface area contributed by atoms with Crippen LogP contribution in [0.25, 0.3) is 104 Å². The minimum Gasteiger partial charge on any atom is -0.456 e. The summed E-state index contributed by atoms with van der Waals surface area (Å²) in [5.74, 6) is 0. The Morgan fingerprint density at radius 1 is 0.455 bits per heavy atom. The second kappa shape index (κ2) is 11.8. The van der Waals surface area contributed by atoms with E-state index in [9.17, 15) is 5.26 Å². The molecule has 0 radical (unpaired) electrons. The van der Waals surface area contributed by atoms with Gasteiger partial charge >= 0.3 is 0 Å². The molecule has 8 aromatic carbocycles. The zero-order valence-electron chi connectivity index (χ0n) is 29.4. The Bertz CT molecular complexity index is 3470. The normalized spacial score (nSPS) is 11.6. The number of aromatic nitrogens is 2. The summed E-state index contributed by atoms with van der Waals surface area (Å²) >= 11 is 0. The Kier molecular flexibility index (Phi) is 6.61. The SMILES string of the molecule is [C-]#[N+]c1ccc2c(c1)c1cc3c(cc1n2-c1cccc(-c2ccccc2-c2cccc(-n4c5ccccc5c5cc(C#N)ccc54)c2)c1)oc1ccccc13. The summed E-state index contributed by atoms with van der Waals surface area (Å²) < 4.78 is 10.9. The molecule has 5 nitrogen and oxygen atoms in total. The maximum atomic E-state index is 9.65. The van der Waals surface area contributed by atoms with E-state index in [0.29, 0.717) is 11.3 Å². The summed E-state index contributed by atoms with van der Waals surface area (Å²) in [6.07, 6.45) is 0. The van der Waals surface area contributed by atoms with Crippen LogP contribution in [0.3, 0.4) is 0 Å². The molecular weight excluding hydrogens is 673 g/mol. The molecule has 0 aliphatic carbocycles. The Morgan fingerprint density at radius 3 is 1.78 bits per heavy atom. The van der Waals surface area contributed by atoms with Gasteiger partial charge in [-0.25, -0.2) is 4.85 Å². The first-order valence-electron chi connectivity index (χ1n) is 18.2. The van der Waals surface area contributed by atoms with Crippen LogP contribution in [0, 0.1) is 17.9 Å². The summed E-state index contributed by atoms with van der Waals surface area (Å²) in [4.78, 5) is 3.77. The van der Waals surface area contributed by atoms with Crippen molar-refractivity contribution in [2.75, 3.05) is 0 Å². The van der Waals surface area contributed by atoms with Gasteiger partial charge in [0.15, 0.2) is 5.69 Å². The van der Waals surface area contributed by atoms with Gasteiger partial charge in [-0.05, 0) is 100 Å². The second-order valence-corrected chi connectivity index (χ2v) is 14.0. The molecule has 0 atom stereocenters. The van der Waals surface area contributed by atoms with Gasteiger partial charge in [-0.15, -0.1) is 0 Å². The highest BCUT2D eigenvalue weighted by atomic mass is 16.3. The Hall–Kier alpha value is -7.86. The first-order chi connectivity index (χ1) is 27.2. The van der Waals surface area contributed by atoms with Crippen LogP contribution >= 0.6 is 0 Å². The van der Waals surface area contributed by atoms with Gasteiger partial charge in [0, 0.05) is 44.4 Å². The fourth-order valence-electron chi connectivity index (χ4n) is 8.51. The van der Waals surface area contributed by atoms with Crippen LogP contribution < -0.4 is 0 Å². The molecule has 0 saturated heterocycles. The minimum absolute atomic E-state index is 0.612. The predicted octanol–water partition coefficient (Wildman–Crippen LogP) is 13.5. The van der Waals surface area contributed by atoms with Crippen LogP contribution in [0.1, 0.15) is 5.56 Å². The quantitative estimate of drug-likeness (QED) is 0.172. The summed E-state index contributed by atoms with van der Waals surface area (Å²) in [5, 5.41) is 16.1. The van der Waals surface area contributed by atoms with Crippen LogP contribution in [0.2, 0.25) is 0 Å². The molecule has 5 heteroatoms. The largest absolute Gasteiger partial charge is 0.456 e. The Morgan fingerprint density at radius 2 is 1.05 bits per heavy atom. The number of para-hydroxylation sites is 2. The number of nitriles is 1. The molecule has 0 saturated carbocycles. The molecule has 3 heterocycles. The first kappa shape index (κ1) is 30.7. The molecular formula is C50H28N4O. The molecule has 0 spiro atoms. The zero-order valence-corrected chi connectivity index (χ0v) is 29.4. The standard InChI is InChI=1S/C50H28N4O/c1-52-34-21-23-47-42(27-34)43-28-44-40-17-5-7-19-49(40)55-50(44)29-48(43)54(47)36-13-9-11-33(26-36)38-15-3-2-14-37(38)32-10-8-12-35(25-32)53-45-18-6-4-16-39(45)41-24-31(30-51)20-22-46(41)53/h2-29H. The first-order valence-corrected chi connectivity index (χ1v) is 18.2. The highest BCUT2D eigenvalue weighted by Gasteiger charge is 2.19. The molecule has 11 rings (SSSR count). The maximum absolute atomic E-state index is 9.65. The third-order valence-corrected chi connectivity index (χ3v) is 10.9. The van der Waals surface area contributed by atoms with Crippen LogP contribution in [0.5, 0.6) is 0 Å². The third kappa shape index (κ3) is 4.64. The molecule has 0 aliphatic rings. The molecule has 55 heavy (non-hydrogen) atoms. The van der Waals surface area contributed by atoms with Crippen LogP contribution in [-0.2, 0) is 0 Å². The zero-order chi connectivity index (χ0) is 36.6. The van der Waals surface area contributed by atoms with Crippen molar-refractivity contribution in [2.24, 2.45) is 0 Å². The van der Waals surface area contributed by atoms with Gasteiger partial charge in [-0.3, -0.25) is 0 Å². The minimum atomic E-state index is 0.612. The highest BCUT2D eigenvalue weighted by molar-refractivity contribution is 6.18. The van der Waals surface area contributed by atoms with Crippen molar-refractivity contribution in [3.8, 4) is 39.7 Å². The molecule has 0 fully saturated rings. The molecule has 0 amide bonds. The number of fused-ring (bicyclic) bond motifs is 9. The number of rotatable bonds is 4. The summed E-state index contributed by atoms with van der Waals surface area (Å²) in [5.41, 5.74) is 13.7. The van der Waals surface area contributed by atoms with Crippen molar-refractivity contribution in [2.45, 2.75) is 0 Å². The number of nitrogens with zero attached hydrogens (tertiary/aromatic N) is 4. The van der Waals surface area contributed by atoms with E-state index in [1.807, 2.05) is 42.5 Å². The van der Waals surface area contributed by atoms with Gasteiger partial charge in [0.25, 0.3) is 0 Å². The van der Waals surface area contributed by atoms with E-state index < -0.39 is 0 Å². The lowest BCUT2D eigenvalue weighted by molar-refractivity contribution is 0.669.